The number of rotatable bonds is 4. The van der Waals surface area contributed by atoms with E-state index in [2.05, 4.69) is 30.6 Å². The quantitative estimate of drug-likeness (QED) is 0.320. The Hall–Kier alpha value is -5.28. The van der Waals surface area contributed by atoms with Crippen LogP contribution in [0.1, 0.15) is 23.5 Å². The number of benzene rings is 2. The van der Waals surface area contributed by atoms with Gasteiger partial charge in [-0.15, -0.1) is 0 Å². The van der Waals surface area contributed by atoms with Crippen molar-refractivity contribution in [3.05, 3.63) is 79.9 Å². The molecular weight excluding hydrogens is 496 g/mol. The van der Waals surface area contributed by atoms with Crippen LogP contribution in [-0.4, -0.2) is 69.7 Å². The number of nitro benzene ring substituents is 2. The zero-order valence-corrected chi connectivity index (χ0v) is 20.0. The maximum Gasteiger partial charge on any atom is 0.269 e. The second-order valence-corrected chi connectivity index (χ2v) is 8.61. The van der Waals surface area contributed by atoms with E-state index in [1.54, 1.807) is 24.3 Å². The molecule has 6 N–H and O–H groups in total. The van der Waals surface area contributed by atoms with Crippen LogP contribution in [0.15, 0.2) is 68.5 Å². The van der Waals surface area contributed by atoms with Gasteiger partial charge < -0.3 is 21.3 Å². The Morgan fingerprint density at radius 1 is 0.711 bits per heavy atom. The average molecular weight is 521 g/mol. The highest BCUT2D eigenvalue weighted by molar-refractivity contribution is 6.00. The first kappa shape index (κ1) is 24.4. The number of non-ortho nitro benzene ring substituents is 2. The summed E-state index contributed by atoms with van der Waals surface area (Å²) in [7, 11) is 0. The predicted octanol–water partition coefficient (Wildman–Crippen LogP) is 0.366. The highest BCUT2D eigenvalue weighted by Crippen LogP contribution is 2.26. The first-order valence-electron chi connectivity index (χ1n) is 11.6. The molecule has 0 aromatic heterocycles. The zero-order chi connectivity index (χ0) is 26.8. The number of nitrogens with one attached hydrogen (secondary N) is 2. The highest BCUT2D eigenvalue weighted by Gasteiger charge is 2.28. The van der Waals surface area contributed by atoms with Gasteiger partial charge in [0, 0.05) is 61.6 Å². The van der Waals surface area contributed by atoms with E-state index < -0.39 is 22.2 Å². The molecule has 3 heterocycles. The molecule has 5 rings (SSSR count). The monoisotopic (exact) mass is 520 g/mol. The number of guanidine groups is 4. The Labute approximate surface area is 215 Å². The molecule has 0 bridgehead atoms. The summed E-state index contributed by atoms with van der Waals surface area (Å²) in [6.07, 6.45) is -1.42. The van der Waals surface area contributed by atoms with Gasteiger partial charge in [-0.3, -0.25) is 30.9 Å². The number of nitrogens with two attached hydrogens (primary N) is 2. The topological polar surface area (TPSA) is 218 Å². The molecule has 3 aliphatic heterocycles. The number of hydrogen-bond donors (Lipinski definition) is 4. The lowest BCUT2D eigenvalue weighted by molar-refractivity contribution is -0.385. The third kappa shape index (κ3) is 5.13. The van der Waals surface area contributed by atoms with Crippen LogP contribution in [0.5, 0.6) is 0 Å². The molecule has 0 spiro atoms. The van der Waals surface area contributed by atoms with E-state index in [-0.39, 0.29) is 23.3 Å². The van der Waals surface area contributed by atoms with E-state index in [9.17, 15) is 20.2 Å². The van der Waals surface area contributed by atoms with Crippen LogP contribution in [0.4, 0.5) is 11.4 Å². The lowest BCUT2D eigenvalue weighted by Crippen LogP contribution is -2.59. The lowest BCUT2D eigenvalue weighted by atomic mass is 10.1. The van der Waals surface area contributed by atoms with Crippen molar-refractivity contribution >= 4 is 35.2 Å². The molecule has 2 aromatic rings. The summed E-state index contributed by atoms with van der Waals surface area (Å²) in [6.45, 7) is 2.22. The summed E-state index contributed by atoms with van der Waals surface area (Å²) in [6, 6.07) is 12.3. The molecule has 0 saturated carbocycles. The van der Waals surface area contributed by atoms with Crippen LogP contribution in [0, 0.1) is 20.2 Å². The standard InChI is InChI=1S/C22H24N12O4/c23-19-25-17(13-3-1-5-15(11-13)33(35)36)27-21(29-19)31-7-9-32(10-8-31)22-28-18(26-20(24)30-22)14-4-2-6-16(12-14)34(37)38/h1-6,11-12,17-18H,7-10H2,(H3,23,25,27,29)(H3,24,26,28,30). The number of hydrogen-bond acceptors (Lipinski definition) is 14. The Balaban J connectivity index is 1.29. The highest BCUT2D eigenvalue weighted by atomic mass is 16.6. The van der Waals surface area contributed by atoms with Crippen molar-refractivity contribution in [2.45, 2.75) is 12.3 Å². The van der Waals surface area contributed by atoms with E-state index in [0.29, 0.717) is 49.2 Å². The van der Waals surface area contributed by atoms with E-state index in [1.165, 1.54) is 24.3 Å². The van der Waals surface area contributed by atoms with Gasteiger partial charge >= 0.3 is 0 Å². The number of nitro groups is 2. The Kier molecular flexibility index (Phi) is 6.42. The lowest BCUT2D eigenvalue weighted by Gasteiger charge is -2.39. The van der Waals surface area contributed by atoms with Crippen molar-refractivity contribution in [2.75, 3.05) is 26.2 Å². The second kappa shape index (κ2) is 10.00. The average Bonchev–Trinajstić information content (AvgIpc) is 2.92. The summed E-state index contributed by atoms with van der Waals surface area (Å²) >= 11 is 0. The van der Waals surface area contributed by atoms with E-state index in [4.69, 9.17) is 11.5 Å². The van der Waals surface area contributed by atoms with Gasteiger partial charge in [-0.05, 0) is 0 Å². The minimum absolute atomic E-state index is 0.0489. The fourth-order valence-corrected chi connectivity index (χ4v) is 4.26. The second-order valence-electron chi connectivity index (χ2n) is 8.61. The molecule has 3 aliphatic rings. The molecule has 1 saturated heterocycles. The molecule has 16 nitrogen and oxygen atoms in total. The molecular formula is C22H24N12O4. The molecule has 196 valence electrons. The van der Waals surface area contributed by atoms with Crippen molar-refractivity contribution in [1.82, 2.24) is 20.4 Å². The molecule has 1 fully saturated rings. The number of aliphatic imine (C=N–C) groups is 4. The van der Waals surface area contributed by atoms with Crippen molar-refractivity contribution in [2.24, 2.45) is 31.4 Å². The van der Waals surface area contributed by atoms with Gasteiger partial charge in [0.1, 0.15) is 0 Å². The number of piperazine rings is 1. The van der Waals surface area contributed by atoms with Crippen LogP contribution in [-0.2, 0) is 0 Å². The van der Waals surface area contributed by atoms with Crippen molar-refractivity contribution in [3.8, 4) is 0 Å². The molecule has 2 aromatic carbocycles. The van der Waals surface area contributed by atoms with E-state index in [0.717, 1.165) is 0 Å². The van der Waals surface area contributed by atoms with Crippen LogP contribution < -0.4 is 22.1 Å². The fraction of sp³-hybridized carbons (Fsp3) is 0.273. The van der Waals surface area contributed by atoms with Gasteiger partial charge in [-0.1, -0.05) is 24.3 Å². The largest absolute Gasteiger partial charge is 0.370 e. The third-order valence-corrected chi connectivity index (χ3v) is 6.13. The first-order chi connectivity index (χ1) is 18.3. The minimum atomic E-state index is -0.708. The molecule has 16 heteroatoms. The third-order valence-electron chi connectivity index (χ3n) is 6.13. The molecule has 2 unspecified atom stereocenters. The van der Waals surface area contributed by atoms with Gasteiger partial charge in [0.05, 0.1) is 9.85 Å². The predicted molar refractivity (Wildman–Crippen MR) is 139 cm³/mol. The maximum absolute atomic E-state index is 11.2. The SMILES string of the molecule is NC1=NC(c2cccc([N+](=O)[O-])c2)N=C(N2CCN(C3=NC(c4cccc([N+](=O)[O-])c4)N=C(N)N3)CC2)N1. The summed E-state index contributed by atoms with van der Waals surface area (Å²) in [5.74, 6) is 1.36. The molecule has 0 amide bonds. The zero-order valence-electron chi connectivity index (χ0n) is 20.0. The van der Waals surface area contributed by atoms with Crippen LogP contribution in [0.25, 0.3) is 0 Å². The van der Waals surface area contributed by atoms with Crippen molar-refractivity contribution in [3.63, 3.8) is 0 Å². The maximum atomic E-state index is 11.2. The van der Waals surface area contributed by atoms with Gasteiger partial charge in [0.15, 0.2) is 24.3 Å². The Morgan fingerprint density at radius 3 is 1.47 bits per heavy atom. The van der Waals surface area contributed by atoms with Crippen molar-refractivity contribution in [1.29, 1.82) is 0 Å². The minimum Gasteiger partial charge on any atom is -0.370 e. The normalized spacial score (nSPS) is 21.3. The fourth-order valence-electron chi connectivity index (χ4n) is 4.26. The summed E-state index contributed by atoms with van der Waals surface area (Å²) in [4.78, 5) is 43.2. The van der Waals surface area contributed by atoms with Gasteiger partial charge in [0.25, 0.3) is 11.4 Å². The van der Waals surface area contributed by atoms with Gasteiger partial charge in [-0.25, -0.2) is 20.0 Å². The Bertz CT molecular complexity index is 1290. The van der Waals surface area contributed by atoms with E-state index >= 15 is 0 Å². The van der Waals surface area contributed by atoms with Gasteiger partial charge in [0.2, 0.25) is 11.9 Å². The van der Waals surface area contributed by atoms with E-state index in [1.807, 2.05) is 9.80 Å². The van der Waals surface area contributed by atoms with Gasteiger partial charge in [-0.2, -0.15) is 0 Å². The van der Waals surface area contributed by atoms with Crippen LogP contribution >= 0.6 is 0 Å². The molecule has 0 aliphatic carbocycles. The van der Waals surface area contributed by atoms with Crippen LogP contribution in [0.2, 0.25) is 0 Å². The van der Waals surface area contributed by atoms with Crippen LogP contribution in [0.3, 0.4) is 0 Å². The first-order valence-corrected chi connectivity index (χ1v) is 11.6. The Morgan fingerprint density at radius 2 is 1.11 bits per heavy atom. The summed E-state index contributed by atoms with van der Waals surface area (Å²) in [5.41, 5.74) is 13.0. The smallest absolute Gasteiger partial charge is 0.269 e. The molecule has 0 radical (unpaired) electrons. The summed E-state index contributed by atoms with van der Waals surface area (Å²) < 4.78 is 0. The summed E-state index contributed by atoms with van der Waals surface area (Å²) in [5, 5.41) is 28.3. The molecule has 2 atom stereocenters. The number of nitrogens with zero attached hydrogens (tertiary/aromatic N) is 8. The molecule has 38 heavy (non-hydrogen) atoms. The van der Waals surface area contributed by atoms with Crippen molar-refractivity contribution < 1.29 is 9.85 Å².